The number of alkyl halides is 3. The lowest BCUT2D eigenvalue weighted by atomic mass is 10.1. The van der Waals surface area contributed by atoms with E-state index in [1.165, 1.54) is 12.1 Å². The highest BCUT2D eigenvalue weighted by molar-refractivity contribution is 5.53. The van der Waals surface area contributed by atoms with Crippen molar-refractivity contribution < 1.29 is 22.7 Å². The van der Waals surface area contributed by atoms with Crippen LogP contribution in [0, 0.1) is 0 Å². The van der Waals surface area contributed by atoms with Crippen LogP contribution in [-0.2, 0) is 12.8 Å². The van der Waals surface area contributed by atoms with Crippen LogP contribution in [0.5, 0.6) is 0 Å². The van der Waals surface area contributed by atoms with Gasteiger partial charge in [0.25, 0.3) is 0 Å². The largest absolute Gasteiger partial charge is 0.444 e. The van der Waals surface area contributed by atoms with Gasteiger partial charge in [0, 0.05) is 5.56 Å². The zero-order chi connectivity index (χ0) is 12.5. The summed E-state index contributed by atoms with van der Waals surface area (Å²) in [7, 11) is 0. The van der Waals surface area contributed by atoms with Gasteiger partial charge >= 0.3 is 6.18 Å². The maximum atomic E-state index is 12.3. The molecule has 2 rings (SSSR count). The second-order valence-electron chi connectivity index (χ2n) is 3.39. The van der Waals surface area contributed by atoms with Crippen molar-refractivity contribution >= 4 is 0 Å². The van der Waals surface area contributed by atoms with E-state index in [0.717, 1.165) is 0 Å². The molecule has 0 aliphatic heterocycles. The van der Waals surface area contributed by atoms with E-state index in [-0.39, 0.29) is 12.5 Å². The Morgan fingerprint density at radius 2 is 1.82 bits per heavy atom. The fourth-order valence-corrected chi connectivity index (χ4v) is 1.29. The predicted octanol–water partition coefficient (Wildman–Crippen LogP) is 2.85. The molecule has 6 heteroatoms. The van der Waals surface area contributed by atoms with Crippen LogP contribution in [0.3, 0.4) is 0 Å². The molecule has 0 amide bonds. The number of aliphatic hydroxyl groups excluding tert-OH is 1. The van der Waals surface area contributed by atoms with Crippen molar-refractivity contribution in [3.63, 3.8) is 0 Å². The van der Waals surface area contributed by atoms with Crippen LogP contribution in [0.25, 0.3) is 11.5 Å². The third-order valence-electron chi connectivity index (χ3n) is 2.18. The molecule has 0 aliphatic carbocycles. The van der Waals surface area contributed by atoms with E-state index in [9.17, 15) is 13.2 Å². The number of oxazole rings is 1. The molecule has 0 unspecified atom stereocenters. The molecule has 1 aromatic carbocycles. The lowest BCUT2D eigenvalue weighted by Crippen LogP contribution is -2.04. The summed E-state index contributed by atoms with van der Waals surface area (Å²) in [6, 6.07) is 6.26. The summed E-state index contributed by atoms with van der Waals surface area (Å²) < 4.78 is 41.6. The minimum absolute atomic E-state index is 0.0955. The van der Waals surface area contributed by atoms with Gasteiger partial charge in [-0.05, 0) is 17.7 Å². The first kappa shape index (κ1) is 11.7. The highest BCUT2D eigenvalue weighted by Crippen LogP contribution is 2.30. The Morgan fingerprint density at radius 3 is 2.29 bits per heavy atom. The Hall–Kier alpha value is -1.82. The molecule has 0 fully saturated rings. The summed E-state index contributed by atoms with van der Waals surface area (Å²) in [5.41, 5.74) is 0.0350. The third kappa shape index (κ3) is 2.47. The number of aliphatic hydroxyl groups is 1. The molecule has 2 aromatic rings. The molecule has 17 heavy (non-hydrogen) atoms. The van der Waals surface area contributed by atoms with E-state index in [2.05, 4.69) is 4.98 Å². The van der Waals surface area contributed by atoms with Crippen molar-refractivity contribution in [2.75, 3.05) is 0 Å². The maximum absolute atomic E-state index is 12.3. The Morgan fingerprint density at radius 1 is 1.18 bits per heavy atom. The van der Waals surface area contributed by atoms with E-state index in [4.69, 9.17) is 9.52 Å². The van der Waals surface area contributed by atoms with Crippen LogP contribution in [-0.4, -0.2) is 10.1 Å². The Balaban J connectivity index is 2.30. The van der Waals surface area contributed by atoms with Crippen molar-refractivity contribution in [1.29, 1.82) is 0 Å². The van der Waals surface area contributed by atoms with Gasteiger partial charge in [-0.15, -0.1) is 0 Å². The van der Waals surface area contributed by atoms with Crippen LogP contribution in [0.1, 0.15) is 11.3 Å². The van der Waals surface area contributed by atoms with E-state index in [0.29, 0.717) is 17.4 Å². The smallest absolute Gasteiger partial charge is 0.436 e. The summed E-state index contributed by atoms with van der Waals surface area (Å²) in [5, 5.41) is 8.82. The van der Waals surface area contributed by atoms with Gasteiger partial charge < -0.3 is 9.52 Å². The number of hydrogen-bond acceptors (Lipinski definition) is 3. The summed E-state index contributed by atoms with van der Waals surface area (Å²) in [6.07, 6.45) is -3.93. The molecule has 0 atom stereocenters. The van der Waals surface area contributed by atoms with Gasteiger partial charge in [0.2, 0.25) is 5.89 Å². The highest BCUT2D eigenvalue weighted by atomic mass is 19.4. The number of rotatable bonds is 2. The monoisotopic (exact) mass is 243 g/mol. The molecule has 0 bridgehead atoms. The number of halogens is 3. The highest BCUT2D eigenvalue weighted by Gasteiger charge is 2.34. The minimum Gasteiger partial charge on any atom is -0.444 e. The molecule has 3 nitrogen and oxygen atoms in total. The quantitative estimate of drug-likeness (QED) is 0.882. The molecule has 1 aromatic heterocycles. The molecule has 0 aliphatic rings. The second-order valence-corrected chi connectivity index (χ2v) is 3.39. The lowest BCUT2D eigenvalue weighted by Gasteiger charge is -1.99. The van der Waals surface area contributed by atoms with E-state index in [1.807, 2.05) is 0 Å². The maximum Gasteiger partial charge on any atom is 0.436 e. The van der Waals surface area contributed by atoms with Gasteiger partial charge in [-0.1, -0.05) is 12.1 Å². The van der Waals surface area contributed by atoms with Crippen LogP contribution in [0.4, 0.5) is 13.2 Å². The van der Waals surface area contributed by atoms with Crippen LogP contribution in [0.15, 0.2) is 34.9 Å². The standard InChI is InChI=1S/C11H8F3NO2/c12-11(13,14)9-6-17-10(15-9)8-3-1-7(5-16)2-4-8/h1-4,6,16H,5H2. The van der Waals surface area contributed by atoms with Gasteiger partial charge in [0.05, 0.1) is 6.61 Å². The SMILES string of the molecule is OCc1ccc(-c2nc(C(F)(F)F)co2)cc1. The average molecular weight is 243 g/mol. The van der Waals surface area contributed by atoms with E-state index in [1.54, 1.807) is 12.1 Å². The molecule has 1 heterocycles. The number of aromatic nitrogens is 1. The second kappa shape index (κ2) is 4.21. The van der Waals surface area contributed by atoms with E-state index < -0.39 is 11.9 Å². The van der Waals surface area contributed by atoms with Gasteiger partial charge in [-0.2, -0.15) is 13.2 Å². The molecule has 0 saturated carbocycles. The molecule has 1 N–H and O–H groups in total. The fraction of sp³-hybridized carbons (Fsp3) is 0.182. The zero-order valence-electron chi connectivity index (χ0n) is 8.53. The van der Waals surface area contributed by atoms with Crippen LogP contribution in [0.2, 0.25) is 0 Å². The first-order valence-corrected chi connectivity index (χ1v) is 4.73. The molecular weight excluding hydrogens is 235 g/mol. The topological polar surface area (TPSA) is 46.3 Å². The molecule has 90 valence electrons. The Labute approximate surface area is 94.5 Å². The first-order chi connectivity index (χ1) is 8.00. The molecular formula is C11H8F3NO2. The third-order valence-corrected chi connectivity index (χ3v) is 2.18. The van der Waals surface area contributed by atoms with Gasteiger partial charge in [0.1, 0.15) is 6.26 Å². The minimum atomic E-state index is -4.51. The number of nitrogens with zero attached hydrogens (tertiary/aromatic N) is 1. The molecule has 0 spiro atoms. The van der Waals surface area contributed by atoms with Crippen molar-refractivity contribution in [2.24, 2.45) is 0 Å². The zero-order valence-corrected chi connectivity index (χ0v) is 8.53. The van der Waals surface area contributed by atoms with Crippen molar-refractivity contribution in [3.8, 4) is 11.5 Å². The Kier molecular flexibility index (Phi) is 2.89. The van der Waals surface area contributed by atoms with Gasteiger partial charge in [-0.25, -0.2) is 4.98 Å². The summed E-state index contributed by atoms with van der Waals surface area (Å²) in [5.74, 6) is -0.0955. The fourth-order valence-electron chi connectivity index (χ4n) is 1.29. The lowest BCUT2D eigenvalue weighted by molar-refractivity contribution is -0.141. The van der Waals surface area contributed by atoms with Crippen molar-refractivity contribution in [1.82, 2.24) is 4.98 Å². The predicted molar refractivity (Wildman–Crippen MR) is 52.9 cm³/mol. The normalized spacial score (nSPS) is 11.8. The summed E-state index contributed by atoms with van der Waals surface area (Å²) >= 11 is 0. The van der Waals surface area contributed by atoms with Crippen LogP contribution >= 0.6 is 0 Å². The van der Waals surface area contributed by atoms with Crippen molar-refractivity contribution in [3.05, 3.63) is 41.8 Å². The Bertz CT molecular complexity index is 502. The first-order valence-electron chi connectivity index (χ1n) is 4.73. The number of hydrogen-bond donors (Lipinski definition) is 1. The molecule has 0 saturated heterocycles. The van der Waals surface area contributed by atoms with Crippen molar-refractivity contribution in [2.45, 2.75) is 12.8 Å². The van der Waals surface area contributed by atoms with Gasteiger partial charge in [0.15, 0.2) is 5.69 Å². The van der Waals surface area contributed by atoms with Gasteiger partial charge in [-0.3, -0.25) is 0 Å². The average Bonchev–Trinajstić information content (AvgIpc) is 2.78. The molecule has 0 radical (unpaired) electrons. The van der Waals surface area contributed by atoms with E-state index >= 15 is 0 Å². The van der Waals surface area contributed by atoms with Crippen LogP contribution < -0.4 is 0 Å². The summed E-state index contributed by atoms with van der Waals surface area (Å²) in [6.45, 7) is -0.125. The number of benzene rings is 1. The summed E-state index contributed by atoms with van der Waals surface area (Å²) in [4.78, 5) is 3.35.